The summed E-state index contributed by atoms with van der Waals surface area (Å²) in [7, 11) is -4.05. The SMILES string of the molecule is C[C@H](C(=O)Nc1ccccc1C(=O)NCc1cccnc1)N(c1ccc(F)c(F)c1)S(C)(=O)=O. The van der Waals surface area contributed by atoms with Gasteiger partial charge in [0, 0.05) is 25.0 Å². The maximum atomic E-state index is 13.7. The number of carbonyl (C=O) groups is 2. The smallest absolute Gasteiger partial charge is 0.253 e. The first kappa shape index (κ1) is 24.8. The number of aromatic nitrogens is 1. The number of amides is 2. The first-order valence-electron chi connectivity index (χ1n) is 10.1. The first-order valence-corrected chi connectivity index (χ1v) is 11.9. The number of para-hydroxylation sites is 1. The van der Waals surface area contributed by atoms with Gasteiger partial charge in [-0.15, -0.1) is 0 Å². The van der Waals surface area contributed by atoms with Gasteiger partial charge in [0.1, 0.15) is 6.04 Å². The minimum Gasteiger partial charge on any atom is -0.348 e. The summed E-state index contributed by atoms with van der Waals surface area (Å²) in [6.07, 6.45) is 4.06. The molecule has 3 aromatic rings. The molecule has 0 saturated heterocycles. The van der Waals surface area contributed by atoms with Crippen LogP contribution >= 0.6 is 0 Å². The summed E-state index contributed by atoms with van der Waals surface area (Å²) < 4.78 is 52.5. The second kappa shape index (κ2) is 10.4. The monoisotopic (exact) mass is 488 g/mol. The van der Waals surface area contributed by atoms with Crippen molar-refractivity contribution in [3.63, 3.8) is 0 Å². The third-order valence-electron chi connectivity index (χ3n) is 4.85. The normalized spacial score (nSPS) is 12.0. The zero-order valence-corrected chi connectivity index (χ0v) is 19.1. The van der Waals surface area contributed by atoms with Crippen LogP contribution in [0.5, 0.6) is 0 Å². The number of sulfonamides is 1. The van der Waals surface area contributed by atoms with E-state index in [1.54, 1.807) is 36.7 Å². The lowest BCUT2D eigenvalue weighted by atomic mass is 10.1. The second-order valence-corrected chi connectivity index (χ2v) is 9.27. The standard InChI is InChI=1S/C23H22F2N4O4S/c1-15(29(34(2,32)33)17-9-10-19(24)20(25)12-17)22(30)28-21-8-4-3-7-18(21)23(31)27-14-16-6-5-11-26-13-16/h3-13,15H,14H2,1-2H3,(H,27,31)(H,28,30)/t15-/m1/s1. The summed E-state index contributed by atoms with van der Waals surface area (Å²) in [5, 5.41) is 5.28. The van der Waals surface area contributed by atoms with Crippen LogP contribution in [0.4, 0.5) is 20.2 Å². The van der Waals surface area contributed by atoms with Crippen LogP contribution in [0.25, 0.3) is 0 Å². The van der Waals surface area contributed by atoms with E-state index in [0.29, 0.717) is 10.4 Å². The Morgan fingerprint density at radius 3 is 2.44 bits per heavy atom. The Labute approximate surface area is 195 Å². The third kappa shape index (κ3) is 5.93. The number of halogens is 2. The zero-order valence-electron chi connectivity index (χ0n) is 18.3. The van der Waals surface area contributed by atoms with Gasteiger partial charge in [-0.05, 0) is 42.8 Å². The van der Waals surface area contributed by atoms with Gasteiger partial charge in [0.15, 0.2) is 11.6 Å². The summed E-state index contributed by atoms with van der Waals surface area (Å²) in [4.78, 5) is 29.6. The molecule has 11 heteroatoms. The maximum Gasteiger partial charge on any atom is 0.253 e. The molecular weight excluding hydrogens is 466 g/mol. The minimum absolute atomic E-state index is 0.154. The lowest BCUT2D eigenvalue weighted by Crippen LogP contribution is -2.45. The van der Waals surface area contributed by atoms with Gasteiger partial charge in [-0.2, -0.15) is 0 Å². The molecule has 0 saturated carbocycles. The molecule has 0 aliphatic heterocycles. The van der Waals surface area contributed by atoms with Crippen LogP contribution in [0.3, 0.4) is 0 Å². The van der Waals surface area contributed by atoms with Crippen LogP contribution in [0.2, 0.25) is 0 Å². The van der Waals surface area contributed by atoms with Gasteiger partial charge >= 0.3 is 0 Å². The molecule has 1 heterocycles. The fourth-order valence-corrected chi connectivity index (χ4v) is 4.41. The highest BCUT2D eigenvalue weighted by Crippen LogP contribution is 2.24. The van der Waals surface area contributed by atoms with Crippen molar-refractivity contribution in [1.29, 1.82) is 0 Å². The van der Waals surface area contributed by atoms with Crippen molar-refractivity contribution in [2.45, 2.75) is 19.5 Å². The van der Waals surface area contributed by atoms with Gasteiger partial charge in [0.25, 0.3) is 5.91 Å². The Kier molecular flexibility index (Phi) is 7.57. The molecular formula is C23H22F2N4O4S. The average Bonchev–Trinajstić information content (AvgIpc) is 2.80. The Hall–Kier alpha value is -3.86. The molecule has 2 N–H and O–H groups in total. The number of nitrogens with one attached hydrogen (secondary N) is 2. The third-order valence-corrected chi connectivity index (χ3v) is 6.09. The molecule has 0 fully saturated rings. The lowest BCUT2D eigenvalue weighted by Gasteiger charge is -2.28. The minimum atomic E-state index is -4.05. The van der Waals surface area contributed by atoms with Gasteiger partial charge in [0.05, 0.1) is 23.2 Å². The molecule has 2 aromatic carbocycles. The van der Waals surface area contributed by atoms with E-state index in [-0.39, 0.29) is 23.5 Å². The Morgan fingerprint density at radius 1 is 1.06 bits per heavy atom. The van der Waals surface area contributed by atoms with E-state index in [1.807, 2.05) is 0 Å². The molecule has 2 amide bonds. The highest BCUT2D eigenvalue weighted by Gasteiger charge is 2.30. The van der Waals surface area contributed by atoms with Gasteiger partial charge in [-0.3, -0.25) is 18.9 Å². The van der Waals surface area contributed by atoms with E-state index in [4.69, 9.17) is 0 Å². The van der Waals surface area contributed by atoms with Gasteiger partial charge in [-0.1, -0.05) is 18.2 Å². The van der Waals surface area contributed by atoms with Gasteiger partial charge < -0.3 is 10.6 Å². The topological polar surface area (TPSA) is 108 Å². The largest absolute Gasteiger partial charge is 0.348 e. The molecule has 0 radical (unpaired) electrons. The van der Waals surface area contributed by atoms with E-state index in [9.17, 15) is 26.8 Å². The Bertz CT molecular complexity index is 1300. The van der Waals surface area contributed by atoms with Crippen LogP contribution in [-0.2, 0) is 21.4 Å². The van der Waals surface area contributed by atoms with Crippen molar-refractivity contribution in [2.75, 3.05) is 15.9 Å². The van der Waals surface area contributed by atoms with Gasteiger partial charge in [-0.25, -0.2) is 17.2 Å². The van der Waals surface area contributed by atoms with Crippen molar-refractivity contribution in [1.82, 2.24) is 10.3 Å². The molecule has 0 bridgehead atoms. The highest BCUT2D eigenvalue weighted by atomic mass is 32.2. The van der Waals surface area contributed by atoms with Crippen molar-refractivity contribution in [2.24, 2.45) is 0 Å². The fourth-order valence-electron chi connectivity index (χ4n) is 3.24. The first-order chi connectivity index (χ1) is 16.1. The van der Waals surface area contributed by atoms with E-state index in [0.717, 1.165) is 24.0 Å². The van der Waals surface area contributed by atoms with Crippen molar-refractivity contribution in [3.05, 3.63) is 89.8 Å². The number of hydrogen-bond acceptors (Lipinski definition) is 5. The quantitative estimate of drug-likeness (QED) is 0.507. The molecule has 1 aromatic heterocycles. The summed E-state index contributed by atoms with van der Waals surface area (Å²) in [6.45, 7) is 1.51. The number of rotatable bonds is 8. The zero-order chi connectivity index (χ0) is 24.9. The van der Waals surface area contributed by atoms with Gasteiger partial charge in [0.2, 0.25) is 15.9 Å². The van der Waals surface area contributed by atoms with E-state index >= 15 is 0 Å². The number of pyridine rings is 1. The molecule has 3 rings (SSSR count). The number of nitrogens with zero attached hydrogens (tertiary/aromatic N) is 2. The van der Waals surface area contributed by atoms with E-state index in [1.165, 1.54) is 19.1 Å². The summed E-state index contributed by atoms with van der Waals surface area (Å²) >= 11 is 0. The predicted octanol–water partition coefficient (Wildman–Crippen LogP) is 3.08. The molecule has 0 unspecified atom stereocenters. The Morgan fingerprint density at radius 2 is 1.79 bits per heavy atom. The maximum absolute atomic E-state index is 13.7. The van der Waals surface area contributed by atoms with Crippen LogP contribution < -0.4 is 14.9 Å². The molecule has 1 atom stereocenters. The average molecular weight is 489 g/mol. The van der Waals surface area contributed by atoms with Crippen LogP contribution in [0, 0.1) is 11.6 Å². The van der Waals surface area contributed by atoms with Crippen molar-refractivity contribution >= 4 is 33.2 Å². The fraction of sp³-hybridized carbons (Fsp3) is 0.174. The van der Waals surface area contributed by atoms with Crippen LogP contribution in [-0.4, -0.2) is 37.5 Å². The van der Waals surface area contributed by atoms with Crippen molar-refractivity contribution < 1.29 is 26.8 Å². The summed E-state index contributed by atoms with van der Waals surface area (Å²) in [5.41, 5.74) is 0.875. The molecule has 8 nitrogen and oxygen atoms in total. The molecule has 0 spiro atoms. The highest BCUT2D eigenvalue weighted by molar-refractivity contribution is 7.92. The molecule has 0 aliphatic carbocycles. The summed E-state index contributed by atoms with van der Waals surface area (Å²) in [6, 6.07) is 10.9. The van der Waals surface area contributed by atoms with E-state index in [2.05, 4.69) is 15.6 Å². The van der Waals surface area contributed by atoms with Crippen molar-refractivity contribution in [3.8, 4) is 0 Å². The Balaban J connectivity index is 1.81. The van der Waals surface area contributed by atoms with Crippen LogP contribution in [0.15, 0.2) is 67.0 Å². The van der Waals surface area contributed by atoms with Crippen LogP contribution in [0.1, 0.15) is 22.8 Å². The molecule has 178 valence electrons. The molecule has 0 aliphatic rings. The predicted molar refractivity (Wildman–Crippen MR) is 124 cm³/mol. The second-order valence-electron chi connectivity index (χ2n) is 7.41. The number of carbonyl (C=O) groups excluding carboxylic acids is 2. The number of benzene rings is 2. The number of anilines is 2. The lowest BCUT2D eigenvalue weighted by molar-refractivity contribution is -0.116. The number of hydrogen-bond donors (Lipinski definition) is 2. The van der Waals surface area contributed by atoms with E-state index < -0.39 is 39.5 Å². The summed E-state index contributed by atoms with van der Waals surface area (Å²) in [5.74, 6) is -3.65. The molecule has 34 heavy (non-hydrogen) atoms.